The molecule has 0 radical (unpaired) electrons. The summed E-state index contributed by atoms with van der Waals surface area (Å²) in [5, 5.41) is 8.66. The molecule has 3 nitrogen and oxygen atoms in total. The summed E-state index contributed by atoms with van der Waals surface area (Å²) in [5.41, 5.74) is 5.59. The topological polar surface area (TPSA) is 59.0 Å². The molecule has 0 heterocycles. The summed E-state index contributed by atoms with van der Waals surface area (Å²) >= 11 is 0. The largest absolute Gasteiger partial charge is 0.375 e. The van der Waals surface area contributed by atoms with Gasteiger partial charge in [0.05, 0.1) is 18.8 Å². The first-order valence-electron chi connectivity index (χ1n) is 6.53. The van der Waals surface area contributed by atoms with Gasteiger partial charge in [0.2, 0.25) is 0 Å². The lowest BCUT2D eigenvalue weighted by Gasteiger charge is -2.54. The van der Waals surface area contributed by atoms with Crippen molar-refractivity contribution in [3.8, 4) is 6.07 Å². The van der Waals surface area contributed by atoms with Crippen molar-refractivity contribution in [3.05, 3.63) is 0 Å². The summed E-state index contributed by atoms with van der Waals surface area (Å²) in [5.74, 6) is 3.49. The molecule has 0 spiro atoms. The second kappa shape index (κ2) is 4.01. The van der Waals surface area contributed by atoms with Crippen LogP contribution in [0.2, 0.25) is 0 Å². The number of nitriles is 1. The second-order valence-electron chi connectivity index (χ2n) is 5.96. The highest BCUT2D eigenvalue weighted by Gasteiger charge is 2.48. The van der Waals surface area contributed by atoms with E-state index in [4.69, 9.17) is 15.7 Å². The molecule has 1 unspecified atom stereocenters. The van der Waals surface area contributed by atoms with E-state index in [0.29, 0.717) is 12.7 Å². The first-order valence-corrected chi connectivity index (χ1v) is 6.53. The molecule has 4 bridgehead atoms. The maximum Gasteiger partial charge on any atom is 0.116 e. The van der Waals surface area contributed by atoms with E-state index in [-0.39, 0.29) is 0 Å². The Bertz CT molecular complexity index is 282. The van der Waals surface area contributed by atoms with Crippen LogP contribution in [0.15, 0.2) is 0 Å². The van der Waals surface area contributed by atoms with E-state index in [1.165, 1.54) is 32.1 Å². The SMILES string of the molecule is N#CC(N)COC1C2CC3CC(C2)CC1C3. The Morgan fingerprint density at radius 1 is 1.12 bits per heavy atom. The van der Waals surface area contributed by atoms with Crippen molar-refractivity contribution in [1.82, 2.24) is 0 Å². The van der Waals surface area contributed by atoms with Crippen LogP contribution in [-0.2, 0) is 4.74 Å². The normalized spacial score (nSPS) is 46.6. The van der Waals surface area contributed by atoms with Crippen LogP contribution in [0.5, 0.6) is 0 Å². The van der Waals surface area contributed by atoms with Gasteiger partial charge >= 0.3 is 0 Å². The average Bonchev–Trinajstić information content (AvgIpc) is 2.26. The van der Waals surface area contributed by atoms with Gasteiger partial charge in [0.25, 0.3) is 0 Å². The molecule has 0 aromatic heterocycles. The monoisotopic (exact) mass is 220 g/mol. The van der Waals surface area contributed by atoms with Crippen molar-refractivity contribution in [1.29, 1.82) is 5.26 Å². The predicted octanol–water partition coefficient (Wildman–Crippen LogP) is 1.68. The highest BCUT2D eigenvalue weighted by atomic mass is 16.5. The lowest BCUT2D eigenvalue weighted by molar-refractivity contribution is -0.126. The fourth-order valence-corrected chi connectivity index (χ4v) is 4.40. The molecule has 0 aromatic rings. The summed E-state index contributed by atoms with van der Waals surface area (Å²) in [7, 11) is 0. The molecule has 0 aliphatic heterocycles. The summed E-state index contributed by atoms with van der Waals surface area (Å²) in [6, 6.07) is 1.59. The van der Waals surface area contributed by atoms with Gasteiger partial charge in [0.15, 0.2) is 0 Å². The van der Waals surface area contributed by atoms with Crippen LogP contribution in [0, 0.1) is 35.0 Å². The molecule has 4 fully saturated rings. The zero-order valence-electron chi connectivity index (χ0n) is 9.64. The molecule has 4 aliphatic rings. The molecule has 16 heavy (non-hydrogen) atoms. The first-order chi connectivity index (χ1) is 7.76. The third-order valence-electron chi connectivity index (χ3n) is 4.77. The number of nitrogens with zero attached hydrogens (tertiary/aromatic N) is 1. The Morgan fingerprint density at radius 2 is 1.69 bits per heavy atom. The number of ether oxygens (including phenoxy) is 1. The van der Waals surface area contributed by atoms with Gasteiger partial charge in [-0.1, -0.05) is 0 Å². The Morgan fingerprint density at radius 3 is 2.19 bits per heavy atom. The van der Waals surface area contributed by atoms with Crippen LogP contribution >= 0.6 is 0 Å². The fourth-order valence-electron chi connectivity index (χ4n) is 4.40. The van der Waals surface area contributed by atoms with Crippen molar-refractivity contribution in [2.24, 2.45) is 29.4 Å². The van der Waals surface area contributed by atoms with E-state index in [9.17, 15) is 0 Å². The zero-order chi connectivity index (χ0) is 11.1. The highest BCUT2D eigenvalue weighted by Crippen LogP contribution is 2.54. The second-order valence-corrected chi connectivity index (χ2v) is 5.96. The molecule has 88 valence electrons. The molecular formula is C13H20N2O. The molecular weight excluding hydrogens is 200 g/mol. The van der Waals surface area contributed by atoms with Crippen molar-refractivity contribution < 1.29 is 4.74 Å². The molecule has 0 aromatic carbocycles. The predicted molar refractivity (Wildman–Crippen MR) is 60.4 cm³/mol. The Kier molecular flexibility index (Phi) is 2.65. The van der Waals surface area contributed by atoms with Crippen molar-refractivity contribution >= 4 is 0 Å². The third kappa shape index (κ3) is 1.74. The van der Waals surface area contributed by atoms with E-state index in [1.54, 1.807) is 0 Å². The van der Waals surface area contributed by atoms with E-state index in [1.807, 2.05) is 6.07 Å². The van der Waals surface area contributed by atoms with Crippen molar-refractivity contribution in [3.63, 3.8) is 0 Å². The van der Waals surface area contributed by atoms with Crippen LogP contribution in [0.3, 0.4) is 0 Å². The summed E-state index contributed by atoms with van der Waals surface area (Å²) in [4.78, 5) is 0. The van der Waals surface area contributed by atoms with E-state index >= 15 is 0 Å². The van der Waals surface area contributed by atoms with Crippen LogP contribution in [0.25, 0.3) is 0 Å². The number of nitrogens with two attached hydrogens (primary N) is 1. The molecule has 2 N–H and O–H groups in total. The molecule has 4 rings (SSSR count). The van der Waals surface area contributed by atoms with E-state index < -0.39 is 6.04 Å². The molecule has 4 aliphatic carbocycles. The lowest BCUT2D eigenvalue weighted by atomic mass is 9.55. The minimum Gasteiger partial charge on any atom is -0.375 e. The molecule has 1 atom stereocenters. The van der Waals surface area contributed by atoms with Gasteiger partial charge in [-0.15, -0.1) is 0 Å². The maximum atomic E-state index is 8.66. The van der Waals surface area contributed by atoms with Gasteiger partial charge in [-0.3, -0.25) is 0 Å². The standard InChI is InChI=1S/C13H20N2O/c14-6-12(15)7-16-13-10-2-8-1-9(4-10)5-11(13)3-8/h8-13H,1-5,7,15H2. The molecule has 0 amide bonds. The van der Waals surface area contributed by atoms with Crippen molar-refractivity contribution in [2.75, 3.05) is 6.61 Å². The van der Waals surface area contributed by atoms with Crippen LogP contribution in [0.4, 0.5) is 0 Å². The van der Waals surface area contributed by atoms with Crippen LogP contribution in [-0.4, -0.2) is 18.8 Å². The average molecular weight is 220 g/mol. The third-order valence-corrected chi connectivity index (χ3v) is 4.77. The minimum atomic E-state index is -0.447. The van der Waals surface area contributed by atoms with Gasteiger partial charge in [-0.05, 0) is 55.8 Å². The number of hydrogen-bond donors (Lipinski definition) is 1. The van der Waals surface area contributed by atoms with E-state index in [0.717, 1.165) is 23.7 Å². The Hall–Kier alpha value is -0.590. The minimum absolute atomic E-state index is 0.409. The maximum absolute atomic E-state index is 8.66. The van der Waals surface area contributed by atoms with Crippen LogP contribution in [0.1, 0.15) is 32.1 Å². The van der Waals surface area contributed by atoms with E-state index in [2.05, 4.69) is 0 Å². The quantitative estimate of drug-likeness (QED) is 0.787. The van der Waals surface area contributed by atoms with Gasteiger partial charge < -0.3 is 10.5 Å². The van der Waals surface area contributed by atoms with Gasteiger partial charge in [-0.2, -0.15) is 5.26 Å². The van der Waals surface area contributed by atoms with Gasteiger partial charge in [0.1, 0.15) is 6.04 Å². The van der Waals surface area contributed by atoms with Gasteiger partial charge in [-0.25, -0.2) is 0 Å². The smallest absolute Gasteiger partial charge is 0.116 e. The summed E-state index contributed by atoms with van der Waals surface area (Å²) < 4.78 is 5.92. The molecule has 3 heteroatoms. The summed E-state index contributed by atoms with van der Waals surface area (Å²) in [6.07, 6.45) is 7.32. The Balaban J connectivity index is 1.62. The summed E-state index contributed by atoms with van der Waals surface area (Å²) in [6.45, 7) is 0.420. The fraction of sp³-hybridized carbons (Fsp3) is 0.923. The number of hydrogen-bond acceptors (Lipinski definition) is 3. The van der Waals surface area contributed by atoms with Crippen LogP contribution < -0.4 is 5.73 Å². The molecule has 4 saturated carbocycles. The zero-order valence-corrected chi connectivity index (χ0v) is 9.64. The van der Waals surface area contributed by atoms with Gasteiger partial charge in [0, 0.05) is 0 Å². The Labute approximate surface area is 96.9 Å². The first kappa shape index (κ1) is 10.6. The highest BCUT2D eigenvalue weighted by molar-refractivity contribution is 4.99. The lowest BCUT2D eigenvalue weighted by Crippen LogP contribution is -2.50. The molecule has 0 saturated heterocycles. The number of rotatable bonds is 3. The van der Waals surface area contributed by atoms with Crippen molar-refractivity contribution in [2.45, 2.75) is 44.2 Å².